The van der Waals surface area contributed by atoms with E-state index >= 15 is 0 Å². The zero-order chi connectivity index (χ0) is 22.9. The van der Waals surface area contributed by atoms with Crippen LogP contribution in [0.5, 0.6) is 0 Å². The molecular weight excluding hydrogens is 434 g/mol. The van der Waals surface area contributed by atoms with E-state index in [4.69, 9.17) is 4.74 Å². The van der Waals surface area contributed by atoms with Gasteiger partial charge in [0.05, 0.1) is 24.3 Å². The van der Waals surface area contributed by atoms with Gasteiger partial charge in [-0.05, 0) is 47.5 Å². The molecular formula is C26H27N3O3S. The molecule has 0 N–H and O–H groups in total. The summed E-state index contributed by atoms with van der Waals surface area (Å²) in [4.78, 5) is 33.8. The lowest BCUT2D eigenvalue weighted by molar-refractivity contribution is 0.0325. The number of thiophene rings is 1. The maximum Gasteiger partial charge on any atom is 0.261 e. The van der Waals surface area contributed by atoms with Crippen LogP contribution < -0.4 is 4.90 Å². The van der Waals surface area contributed by atoms with Crippen molar-refractivity contribution in [2.75, 3.05) is 58.4 Å². The quantitative estimate of drug-likeness (QED) is 0.518. The molecule has 1 saturated heterocycles. The van der Waals surface area contributed by atoms with Crippen molar-refractivity contribution in [1.82, 2.24) is 9.80 Å². The Balaban J connectivity index is 1.33. The Labute approximate surface area is 198 Å². The fraction of sp³-hybridized carbons (Fsp3) is 0.308. The van der Waals surface area contributed by atoms with Crippen molar-refractivity contribution in [3.63, 3.8) is 0 Å². The van der Waals surface area contributed by atoms with E-state index in [9.17, 15) is 9.59 Å². The second kappa shape index (κ2) is 9.09. The largest absolute Gasteiger partial charge is 0.379 e. The number of anilines is 1. The van der Waals surface area contributed by atoms with Crippen LogP contribution >= 0.6 is 11.3 Å². The number of ether oxygens (including phenoxy) is 1. The SMILES string of the molecule is CN(C)c1ccc(-c2ccc(-c3ccc4c(c3)C(=O)N(CCN3CCOCC3)C4=O)s2)cc1. The van der Waals surface area contributed by atoms with Gasteiger partial charge in [0.15, 0.2) is 0 Å². The summed E-state index contributed by atoms with van der Waals surface area (Å²) in [5.74, 6) is -0.385. The van der Waals surface area contributed by atoms with Crippen molar-refractivity contribution in [3.05, 3.63) is 65.7 Å². The van der Waals surface area contributed by atoms with Crippen LogP contribution in [0.2, 0.25) is 0 Å². The highest BCUT2D eigenvalue weighted by Crippen LogP contribution is 2.37. The topological polar surface area (TPSA) is 53.1 Å². The number of imide groups is 1. The van der Waals surface area contributed by atoms with Gasteiger partial charge >= 0.3 is 0 Å². The maximum absolute atomic E-state index is 13.0. The van der Waals surface area contributed by atoms with Gasteiger partial charge in [-0.15, -0.1) is 11.3 Å². The third-order valence-electron chi connectivity index (χ3n) is 6.27. The smallest absolute Gasteiger partial charge is 0.261 e. The first kappa shape index (κ1) is 21.8. The van der Waals surface area contributed by atoms with Crippen molar-refractivity contribution < 1.29 is 14.3 Å². The second-order valence-corrected chi connectivity index (χ2v) is 9.67. The minimum atomic E-state index is -0.193. The lowest BCUT2D eigenvalue weighted by atomic mass is 10.0. The van der Waals surface area contributed by atoms with Crippen LogP contribution in [0.25, 0.3) is 20.9 Å². The van der Waals surface area contributed by atoms with Crippen molar-refractivity contribution in [3.8, 4) is 20.9 Å². The fourth-order valence-corrected chi connectivity index (χ4v) is 5.29. The van der Waals surface area contributed by atoms with E-state index in [1.807, 2.05) is 26.2 Å². The molecule has 6 nitrogen and oxygen atoms in total. The van der Waals surface area contributed by atoms with Crippen molar-refractivity contribution in [1.29, 1.82) is 0 Å². The first-order chi connectivity index (χ1) is 16.0. The molecule has 5 rings (SSSR count). The van der Waals surface area contributed by atoms with Crippen LogP contribution in [0.1, 0.15) is 20.7 Å². The number of hydrogen-bond acceptors (Lipinski definition) is 6. The fourth-order valence-electron chi connectivity index (χ4n) is 4.29. The summed E-state index contributed by atoms with van der Waals surface area (Å²) in [5.41, 5.74) is 4.30. The van der Waals surface area contributed by atoms with Gasteiger partial charge in [-0.1, -0.05) is 18.2 Å². The van der Waals surface area contributed by atoms with Gasteiger partial charge in [0, 0.05) is 55.7 Å². The van der Waals surface area contributed by atoms with Crippen molar-refractivity contribution in [2.24, 2.45) is 0 Å². The van der Waals surface area contributed by atoms with Crippen molar-refractivity contribution >= 4 is 28.8 Å². The number of carbonyl (C=O) groups excluding carboxylic acids is 2. The highest BCUT2D eigenvalue weighted by molar-refractivity contribution is 7.18. The number of amides is 2. The highest BCUT2D eigenvalue weighted by atomic mass is 32.1. The first-order valence-corrected chi connectivity index (χ1v) is 12.0. The molecule has 1 aromatic heterocycles. The Morgan fingerprint density at radius 1 is 0.818 bits per heavy atom. The summed E-state index contributed by atoms with van der Waals surface area (Å²) in [5, 5.41) is 0. The van der Waals surface area contributed by atoms with E-state index in [1.54, 1.807) is 17.4 Å². The predicted octanol–water partition coefficient (Wildman–Crippen LogP) is 4.08. The van der Waals surface area contributed by atoms with E-state index in [2.05, 4.69) is 46.2 Å². The van der Waals surface area contributed by atoms with Gasteiger partial charge in [-0.2, -0.15) is 0 Å². The molecule has 2 amide bonds. The van der Waals surface area contributed by atoms with Gasteiger partial charge < -0.3 is 9.64 Å². The summed E-state index contributed by atoms with van der Waals surface area (Å²) >= 11 is 1.69. The normalized spacial score (nSPS) is 16.4. The Morgan fingerprint density at radius 2 is 1.45 bits per heavy atom. The van der Waals surface area contributed by atoms with Crippen LogP contribution in [-0.4, -0.2) is 75.1 Å². The molecule has 7 heteroatoms. The van der Waals surface area contributed by atoms with Crippen molar-refractivity contribution in [2.45, 2.75) is 0 Å². The molecule has 0 spiro atoms. The summed E-state index contributed by atoms with van der Waals surface area (Å²) in [7, 11) is 4.06. The average molecular weight is 462 g/mol. The maximum atomic E-state index is 13.0. The molecule has 2 aliphatic rings. The van der Waals surface area contributed by atoms with Crippen LogP contribution in [0, 0.1) is 0 Å². The van der Waals surface area contributed by atoms with Gasteiger partial charge in [0.25, 0.3) is 11.8 Å². The molecule has 0 bridgehead atoms. The Bertz CT molecular complexity index is 1180. The minimum absolute atomic E-state index is 0.192. The van der Waals surface area contributed by atoms with E-state index in [0.29, 0.717) is 37.4 Å². The molecule has 3 heterocycles. The molecule has 2 aromatic carbocycles. The highest BCUT2D eigenvalue weighted by Gasteiger charge is 2.35. The molecule has 0 unspecified atom stereocenters. The summed E-state index contributed by atoms with van der Waals surface area (Å²) in [6.07, 6.45) is 0. The molecule has 2 aliphatic heterocycles. The third-order valence-corrected chi connectivity index (χ3v) is 7.46. The van der Waals surface area contributed by atoms with Gasteiger partial charge in [0.1, 0.15) is 0 Å². The first-order valence-electron chi connectivity index (χ1n) is 11.2. The van der Waals surface area contributed by atoms with Gasteiger partial charge in [0.2, 0.25) is 0 Å². The zero-order valence-electron chi connectivity index (χ0n) is 18.9. The molecule has 0 atom stereocenters. The van der Waals surface area contributed by atoms with E-state index in [-0.39, 0.29) is 11.8 Å². The number of benzene rings is 2. The zero-order valence-corrected chi connectivity index (χ0v) is 19.7. The molecule has 0 radical (unpaired) electrons. The number of nitrogens with zero attached hydrogens (tertiary/aromatic N) is 3. The molecule has 3 aromatic rings. The number of carbonyl (C=O) groups is 2. The number of fused-ring (bicyclic) bond motifs is 1. The minimum Gasteiger partial charge on any atom is -0.379 e. The molecule has 1 fully saturated rings. The average Bonchev–Trinajstić information content (AvgIpc) is 3.42. The summed E-state index contributed by atoms with van der Waals surface area (Å²) < 4.78 is 5.37. The van der Waals surface area contributed by atoms with Crippen LogP contribution in [0.3, 0.4) is 0 Å². The summed E-state index contributed by atoms with van der Waals surface area (Å²) in [6, 6.07) is 18.3. The number of hydrogen-bond donors (Lipinski definition) is 0. The molecule has 0 aliphatic carbocycles. The number of rotatable bonds is 6. The van der Waals surface area contributed by atoms with Crippen LogP contribution in [0.15, 0.2) is 54.6 Å². The Hall–Kier alpha value is -3.00. The standard InChI is InChI=1S/C26H27N3O3S/c1-27(2)20-6-3-18(4-7-20)23-9-10-24(33-23)19-5-8-21-22(17-19)26(31)29(25(21)30)12-11-28-13-15-32-16-14-28/h3-10,17H,11-16H2,1-2H3. The molecule has 170 valence electrons. The molecule has 33 heavy (non-hydrogen) atoms. The summed E-state index contributed by atoms with van der Waals surface area (Å²) in [6.45, 7) is 4.18. The van der Waals surface area contributed by atoms with E-state index in [1.165, 1.54) is 15.3 Å². The molecule has 0 saturated carbocycles. The van der Waals surface area contributed by atoms with Crippen LogP contribution in [-0.2, 0) is 4.74 Å². The van der Waals surface area contributed by atoms with E-state index in [0.717, 1.165) is 29.2 Å². The lowest BCUT2D eigenvalue weighted by Gasteiger charge is -2.27. The monoisotopic (exact) mass is 461 g/mol. The Morgan fingerprint density at radius 3 is 2.15 bits per heavy atom. The van der Waals surface area contributed by atoms with E-state index < -0.39 is 0 Å². The number of morpholine rings is 1. The second-order valence-electron chi connectivity index (χ2n) is 8.58. The van der Waals surface area contributed by atoms with Gasteiger partial charge in [-0.3, -0.25) is 19.4 Å². The van der Waals surface area contributed by atoms with Crippen LogP contribution in [0.4, 0.5) is 5.69 Å². The third kappa shape index (κ3) is 4.31. The lowest BCUT2D eigenvalue weighted by Crippen LogP contribution is -2.42. The predicted molar refractivity (Wildman–Crippen MR) is 132 cm³/mol. The Kier molecular flexibility index (Phi) is 6.01. The van der Waals surface area contributed by atoms with Gasteiger partial charge in [-0.25, -0.2) is 0 Å².